The molecule has 0 aromatic heterocycles. The first kappa shape index (κ1) is 66.2. The highest BCUT2D eigenvalue weighted by atomic mass is 16.6. The quantitative estimate of drug-likeness (QED) is 0.0298. The molecule has 0 radical (unpaired) electrons. The summed E-state index contributed by atoms with van der Waals surface area (Å²) in [6.07, 6.45) is 3.83. The fourth-order valence-electron chi connectivity index (χ4n) is 15.8. The lowest BCUT2D eigenvalue weighted by molar-refractivity contribution is -0.385. The van der Waals surface area contributed by atoms with E-state index in [2.05, 4.69) is 64.1 Å². The van der Waals surface area contributed by atoms with Gasteiger partial charge in [-0.25, -0.2) is 0 Å². The minimum Gasteiger partial charge on any atom is -0.489 e. The number of hydrogen-bond donors (Lipinski definition) is 0. The normalized spacial score (nSPS) is 18.1. The van der Waals surface area contributed by atoms with E-state index in [0.29, 0.717) is 73.0 Å². The largest absolute Gasteiger partial charge is 0.489 e. The Kier molecular flexibility index (Phi) is 18.1. The molecule has 500 valence electrons. The van der Waals surface area contributed by atoms with Gasteiger partial charge in [0.15, 0.2) is 0 Å². The first-order valence-corrected chi connectivity index (χ1v) is 31.9. The molecule has 3 aliphatic rings. The predicted octanol–water partition coefficient (Wildman–Crippen LogP) is 17.2. The third-order valence-corrected chi connectivity index (χ3v) is 19.9. The first-order chi connectivity index (χ1) is 47.2. The standard InChI is InChI=1S/C74H66N6O18/c1-5-32-72-65-35-47(41-93-59-20-8-53(9-21-59)75(81)82)49(43-95-61-24-12-55(13-25-61)77(85)86)37-67(65)73(33-6-2)69-39-51(45-97-63-28-16-57(17-29-63)79(89)90)52(46-98-64-30-18-58(19-31-64)80(91)92)40-70(69)74(34-7-3,71(72,73)4)68-38-50(44-96-62-26-14-56(15-27-62)78(87)88)48(36-66(68)72)42-94-60-22-10-54(11-23-60)76(83)84/h8-31,35-40H,5-7,32-34,41-46H2,1-4H3. The molecule has 9 aromatic rings. The molecule has 98 heavy (non-hydrogen) atoms. The Morgan fingerprint density at radius 3 is 0.531 bits per heavy atom. The third-order valence-electron chi connectivity index (χ3n) is 19.9. The molecular formula is C74H66N6O18. The summed E-state index contributed by atoms with van der Waals surface area (Å²) >= 11 is 0. The van der Waals surface area contributed by atoms with Crippen LogP contribution in [0.25, 0.3) is 0 Å². The maximum absolute atomic E-state index is 11.8. The van der Waals surface area contributed by atoms with E-state index in [9.17, 15) is 60.7 Å². The summed E-state index contributed by atoms with van der Waals surface area (Å²) in [7, 11) is 0. The summed E-state index contributed by atoms with van der Waals surface area (Å²) in [5, 5.41) is 70.9. The lowest BCUT2D eigenvalue weighted by atomic mass is 9.48. The Balaban J connectivity index is 1.14. The number of nitro benzene ring substituents is 6. The van der Waals surface area contributed by atoms with Gasteiger partial charge in [0, 0.05) is 94.5 Å². The fraction of sp³-hybridized carbons (Fsp3) is 0.270. The first-order valence-electron chi connectivity index (χ1n) is 31.9. The van der Waals surface area contributed by atoms with E-state index in [1.165, 1.54) is 72.8 Å². The van der Waals surface area contributed by atoms with Crippen LogP contribution < -0.4 is 28.4 Å². The number of non-ortho nitro benzene ring substituents is 6. The van der Waals surface area contributed by atoms with Gasteiger partial charge in [-0.3, -0.25) is 60.7 Å². The Hall–Kier alpha value is -11.8. The van der Waals surface area contributed by atoms with Crippen LogP contribution in [0.3, 0.4) is 0 Å². The van der Waals surface area contributed by atoms with E-state index in [4.69, 9.17) is 28.4 Å². The highest BCUT2D eigenvalue weighted by Crippen LogP contribution is 2.85. The van der Waals surface area contributed by atoms with Crippen molar-refractivity contribution in [2.45, 2.75) is 122 Å². The minimum atomic E-state index is -0.889. The van der Waals surface area contributed by atoms with Crippen molar-refractivity contribution >= 4 is 34.1 Å². The van der Waals surface area contributed by atoms with Crippen molar-refractivity contribution in [3.8, 4) is 34.5 Å². The molecule has 0 saturated carbocycles. The number of ether oxygens (including phenoxy) is 6. The van der Waals surface area contributed by atoms with Crippen LogP contribution in [0.4, 0.5) is 34.1 Å². The number of rotatable bonds is 30. The van der Waals surface area contributed by atoms with Crippen molar-refractivity contribution in [1.82, 2.24) is 0 Å². The van der Waals surface area contributed by atoms with Crippen molar-refractivity contribution in [1.29, 1.82) is 0 Å². The summed E-state index contributed by atoms with van der Waals surface area (Å²) in [6.45, 7) is 8.76. The van der Waals surface area contributed by atoms with E-state index in [0.717, 1.165) is 66.8 Å². The molecule has 0 fully saturated rings. The maximum Gasteiger partial charge on any atom is 0.269 e. The number of nitro groups is 6. The van der Waals surface area contributed by atoms with Crippen LogP contribution in [-0.2, 0) is 55.9 Å². The van der Waals surface area contributed by atoms with Crippen LogP contribution in [0.15, 0.2) is 182 Å². The van der Waals surface area contributed by atoms with Gasteiger partial charge in [-0.2, -0.15) is 0 Å². The zero-order chi connectivity index (χ0) is 69.3. The van der Waals surface area contributed by atoms with Crippen LogP contribution >= 0.6 is 0 Å². The Morgan fingerprint density at radius 2 is 0.408 bits per heavy atom. The van der Waals surface area contributed by atoms with Crippen LogP contribution in [0.5, 0.6) is 34.5 Å². The van der Waals surface area contributed by atoms with Crippen molar-refractivity contribution in [2.75, 3.05) is 0 Å². The third kappa shape index (κ3) is 11.5. The Morgan fingerprint density at radius 1 is 0.265 bits per heavy atom. The van der Waals surface area contributed by atoms with E-state index in [1.807, 2.05) is 0 Å². The molecule has 24 nitrogen and oxygen atoms in total. The number of nitrogens with zero attached hydrogens (tertiary/aromatic N) is 6. The zero-order valence-electron chi connectivity index (χ0n) is 53.8. The van der Waals surface area contributed by atoms with Crippen molar-refractivity contribution in [3.05, 3.63) is 309 Å². The monoisotopic (exact) mass is 1330 g/mol. The second kappa shape index (κ2) is 26.8. The second-order valence-electron chi connectivity index (χ2n) is 24.8. The van der Waals surface area contributed by atoms with Crippen LogP contribution in [-0.4, -0.2) is 29.5 Å². The maximum atomic E-state index is 11.8. The summed E-state index contributed by atoms with van der Waals surface area (Å²) in [5.74, 6) is 2.21. The van der Waals surface area contributed by atoms with Crippen LogP contribution in [0, 0.1) is 66.1 Å². The smallest absolute Gasteiger partial charge is 0.269 e. The molecule has 0 saturated heterocycles. The van der Waals surface area contributed by atoms with Gasteiger partial charge in [0.1, 0.15) is 74.1 Å². The lowest BCUT2D eigenvalue weighted by Gasteiger charge is -2.53. The molecule has 0 heterocycles. The molecule has 3 aliphatic carbocycles. The highest BCUT2D eigenvalue weighted by Gasteiger charge is 2.82. The van der Waals surface area contributed by atoms with Crippen LogP contribution in [0.1, 0.15) is 133 Å². The lowest BCUT2D eigenvalue weighted by Crippen LogP contribution is -2.54. The average molecular weight is 1330 g/mol. The van der Waals surface area contributed by atoms with E-state index in [-0.39, 0.29) is 73.8 Å². The molecule has 24 heteroatoms. The predicted molar refractivity (Wildman–Crippen MR) is 359 cm³/mol. The fourth-order valence-corrected chi connectivity index (χ4v) is 15.8. The minimum absolute atomic E-state index is 0.0250. The summed E-state index contributed by atoms with van der Waals surface area (Å²) in [4.78, 5) is 68.0. The molecule has 0 spiro atoms. The summed E-state index contributed by atoms with van der Waals surface area (Å²) < 4.78 is 39.7. The number of benzene rings is 9. The van der Waals surface area contributed by atoms with Crippen molar-refractivity contribution in [3.63, 3.8) is 0 Å². The van der Waals surface area contributed by atoms with Crippen molar-refractivity contribution < 1.29 is 58.0 Å². The Bertz CT molecular complexity index is 3860. The summed E-state index contributed by atoms with van der Waals surface area (Å²) in [5.41, 5.74) is 6.32. The highest BCUT2D eigenvalue weighted by molar-refractivity contribution is 5.79. The molecule has 9 aromatic carbocycles. The van der Waals surface area contributed by atoms with Gasteiger partial charge in [0.05, 0.1) is 29.5 Å². The topological polar surface area (TPSA) is 314 Å². The van der Waals surface area contributed by atoms with Gasteiger partial charge in [-0.15, -0.1) is 0 Å². The molecule has 0 N–H and O–H groups in total. The molecule has 0 aliphatic heterocycles. The summed E-state index contributed by atoms with van der Waals surface area (Å²) in [6, 6.07) is 48.3. The van der Waals surface area contributed by atoms with Gasteiger partial charge in [0.2, 0.25) is 0 Å². The molecule has 12 rings (SSSR count). The molecule has 0 bridgehead atoms. The van der Waals surface area contributed by atoms with Crippen LogP contribution in [0.2, 0.25) is 0 Å². The molecule has 0 unspecified atom stereocenters. The zero-order valence-corrected chi connectivity index (χ0v) is 53.8. The van der Waals surface area contributed by atoms with Gasteiger partial charge in [-0.05, 0) is 159 Å². The number of hydrogen-bond acceptors (Lipinski definition) is 18. The van der Waals surface area contributed by atoms with E-state index in [1.54, 1.807) is 72.8 Å². The van der Waals surface area contributed by atoms with Crippen molar-refractivity contribution in [2.24, 2.45) is 5.41 Å². The number of fused-ring (bicyclic) bond motifs is 9. The second-order valence-corrected chi connectivity index (χ2v) is 24.8. The molecule has 0 atom stereocenters. The van der Waals surface area contributed by atoms with E-state index >= 15 is 0 Å². The molecular weight excluding hydrogens is 1260 g/mol. The SMILES string of the molecule is CCCC12c3cc(COc4ccc([N+](=O)[O-])cc4)c(COc4ccc([N+](=O)[O-])cc4)cc3C3(CCC)c4cc(COc5ccc([N+](=O)[O-])cc5)c(COc5ccc([N+](=O)[O-])cc5)cc4C(CCC)(c4cc(COc5ccc([N+](=O)[O-])cc5)c(COc5ccc([N+](=O)[O-])cc5)cc41)C23C. The van der Waals surface area contributed by atoms with Gasteiger partial charge in [-0.1, -0.05) is 83.4 Å². The molecule has 0 amide bonds. The average Bonchev–Trinajstić information content (AvgIpc) is 1.43. The van der Waals surface area contributed by atoms with Gasteiger partial charge >= 0.3 is 0 Å². The van der Waals surface area contributed by atoms with Gasteiger partial charge < -0.3 is 28.4 Å². The Labute approximate surface area is 561 Å². The van der Waals surface area contributed by atoms with E-state index < -0.39 is 51.2 Å². The van der Waals surface area contributed by atoms with Gasteiger partial charge in [0.25, 0.3) is 34.1 Å².